The fraction of sp³-hybridized carbons (Fsp3) is 0.316. The Morgan fingerprint density at radius 1 is 0.913 bits per heavy atom. The molecule has 0 radical (unpaired) electrons. The molecule has 0 saturated heterocycles. The number of benzene rings is 2. The van der Waals surface area contributed by atoms with E-state index < -0.39 is 22.0 Å². The molecular weight excluding hydrogens is 308 g/mol. The summed E-state index contributed by atoms with van der Waals surface area (Å²) in [5.74, 6) is -0.528. The Labute approximate surface area is 139 Å². The Bertz CT molecular complexity index is 626. The van der Waals surface area contributed by atoms with Gasteiger partial charge in [0.1, 0.15) is 5.25 Å². The summed E-state index contributed by atoms with van der Waals surface area (Å²) in [6, 6.07) is 19.7. The third kappa shape index (κ3) is 5.99. The molecule has 122 valence electrons. The molecule has 0 aromatic heterocycles. The van der Waals surface area contributed by atoms with Gasteiger partial charge in [-0.25, -0.2) is 0 Å². The number of aliphatic carboxylic acids is 1. The van der Waals surface area contributed by atoms with Crippen molar-refractivity contribution in [3.05, 3.63) is 71.8 Å². The highest BCUT2D eigenvalue weighted by atomic mass is 32.2. The van der Waals surface area contributed by atoms with Crippen LogP contribution in [0.1, 0.15) is 24.0 Å². The summed E-state index contributed by atoms with van der Waals surface area (Å²) in [5, 5.41) is 8.56. The summed E-state index contributed by atoms with van der Waals surface area (Å²) in [5.41, 5.74) is 2.28. The maximum Gasteiger partial charge on any atom is 0.319 e. The quantitative estimate of drug-likeness (QED) is 0.766. The number of aryl methyl sites for hydroxylation is 2. The first-order chi connectivity index (χ1) is 11.2. The van der Waals surface area contributed by atoms with Crippen molar-refractivity contribution in [2.24, 2.45) is 0 Å². The fourth-order valence-corrected chi connectivity index (χ4v) is 3.83. The van der Waals surface area contributed by atoms with Crippen LogP contribution in [-0.4, -0.2) is 26.3 Å². The molecule has 0 heterocycles. The SMILES string of the molecule is O=C(O)C(CCc1ccccc1)S(=O)CCCc1ccccc1. The standard InChI is InChI=1S/C19H22O3S/c20-19(21)18(14-13-17-10-5-2-6-11-17)23(22)15-7-12-16-8-3-1-4-9-16/h1-6,8-11,18H,7,12-15H2,(H,20,21). The van der Waals surface area contributed by atoms with Gasteiger partial charge in [-0.1, -0.05) is 60.7 Å². The monoisotopic (exact) mass is 330 g/mol. The minimum absolute atomic E-state index is 0.414. The van der Waals surface area contributed by atoms with Crippen LogP contribution in [0.15, 0.2) is 60.7 Å². The molecule has 2 rings (SSSR count). The van der Waals surface area contributed by atoms with Crippen LogP contribution in [0.2, 0.25) is 0 Å². The molecular formula is C19H22O3S. The van der Waals surface area contributed by atoms with Crippen molar-refractivity contribution in [3.63, 3.8) is 0 Å². The maximum atomic E-state index is 12.3. The van der Waals surface area contributed by atoms with Gasteiger partial charge in [0.15, 0.2) is 0 Å². The predicted molar refractivity (Wildman–Crippen MR) is 94.0 cm³/mol. The average Bonchev–Trinajstić information content (AvgIpc) is 2.56. The Kier molecular flexibility index (Phi) is 7.01. The molecule has 1 N–H and O–H groups in total. The van der Waals surface area contributed by atoms with E-state index >= 15 is 0 Å². The third-order valence-corrected chi connectivity index (χ3v) is 5.55. The normalized spacial score (nSPS) is 13.4. The first kappa shape index (κ1) is 17.4. The molecule has 0 fully saturated rings. The Balaban J connectivity index is 1.82. The van der Waals surface area contributed by atoms with Crippen LogP contribution >= 0.6 is 0 Å². The van der Waals surface area contributed by atoms with Crippen LogP contribution in [0.4, 0.5) is 0 Å². The summed E-state index contributed by atoms with van der Waals surface area (Å²) in [7, 11) is -1.33. The van der Waals surface area contributed by atoms with Crippen molar-refractivity contribution in [3.8, 4) is 0 Å². The largest absolute Gasteiger partial charge is 0.480 e. The summed E-state index contributed by atoms with van der Waals surface area (Å²) in [6.07, 6.45) is 2.63. The van der Waals surface area contributed by atoms with E-state index in [1.54, 1.807) is 0 Å². The summed E-state index contributed by atoms with van der Waals surface area (Å²) in [4.78, 5) is 11.4. The van der Waals surface area contributed by atoms with Crippen molar-refractivity contribution >= 4 is 16.8 Å². The van der Waals surface area contributed by atoms with Crippen LogP contribution < -0.4 is 0 Å². The number of carbonyl (C=O) groups is 1. The molecule has 0 amide bonds. The summed E-state index contributed by atoms with van der Waals surface area (Å²) in [6.45, 7) is 0. The van der Waals surface area contributed by atoms with Crippen LogP contribution in [0.25, 0.3) is 0 Å². The van der Waals surface area contributed by atoms with E-state index in [-0.39, 0.29) is 0 Å². The van der Waals surface area contributed by atoms with Crippen LogP contribution in [0.5, 0.6) is 0 Å². The minimum Gasteiger partial charge on any atom is -0.480 e. The van der Waals surface area contributed by atoms with Gasteiger partial charge in [0.25, 0.3) is 0 Å². The van der Waals surface area contributed by atoms with Crippen molar-refractivity contribution in [2.45, 2.75) is 30.9 Å². The average molecular weight is 330 g/mol. The lowest BCUT2D eigenvalue weighted by Gasteiger charge is -2.12. The fourth-order valence-electron chi connectivity index (χ4n) is 2.52. The highest BCUT2D eigenvalue weighted by Crippen LogP contribution is 2.12. The lowest BCUT2D eigenvalue weighted by atomic mass is 10.1. The zero-order valence-electron chi connectivity index (χ0n) is 13.1. The van der Waals surface area contributed by atoms with E-state index in [1.807, 2.05) is 60.7 Å². The number of hydrogen-bond acceptors (Lipinski definition) is 2. The van der Waals surface area contributed by atoms with Gasteiger partial charge in [0.05, 0.1) is 0 Å². The second kappa shape index (κ2) is 9.26. The zero-order valence-corrected chi connectivity index (χ0v) is 13.9. The molecule has 0 spiro atoms. The molecule has 0 aliphatic rings. The molecule has 2 atom stereocenters. The first-order valence-corrected chi connectivity index (χ1v) is 9.23. The highest BCUT2D eigenvalue weighted by Gasteiger charge is 2.23. The van der Waals surface area contributed by atoms with E-state index in [0.717, 1.165) is 18.4 Å². The number of rotatable bonds is 9. The van der Waals surface area contributed by atoms with E-state index in [9.17, 15) is 14.1 Å². The minimum atomic E-state index is -1.33. The van der Waals surface area contributed by atoms with Crippen molar-refractivity contribution < 1.29 is 14.1 Å². The highest BCUT2D eigenvalue weighted by molar-refractivity contribution is 7.86. The molecule has 0 aliphatic carbocycles. The molecule has 0 aliphatic heterocycles. The van der Waals surface area contributed by atoms with Gasteiger partial charge in [0, 0.05) is 16.6 Å². The van der Waals surface area contributed by atoms with Crippen molar-refractivity contribution in [1.29, 1.82) is 0 Å². The van der Waals surface area contributed by atoms with Gasteiger partial charge in [-0.05, 0) is 36.8 Å². The molecule has 23 heavy (non-hydrogen) atoms. The van der Waals surface area contributed by atoms with Crippen LogP contribution in [0, 0.1) is 0 Å². The van der Waals surface area contributed by atoms with Crippen LogP contribution in [-0.2, 0) is 28.4 Å². The predicted octanol–water partition coefficient (Wildman–Crippen LogP) is 3.45. The van der Waals surface area contributed by atoms with Gasteiger partial charge < -0.3 is 5.11 Å². The van der Waals surface area contributed by atoms with E-state index in [2.05, 4.69) is 0 Å². The van der Waals surface area contributed by atoms with Crippen molar-refractivity contribution in [1.82, 2.24) is 0 Å². The number of carboxylic acids is 1. The van der Waals surface area contributed by atoms with E-state index in [0.29, 0.717) is 18.6 Å². The molecule has 2 aromatic carbocycles. The third-order valence-electron chi connectivity index (χ3n) is 3.78. The Morgan fingerprint density at radius 2 is 1.43 bits per heavy atom. The van der Waals surface area contributed by atoms with Gasteiger partial charge in [-0.3, -0.25) is 9.00 Å². The molecule has 0 bridgehead atoms. The summed E-state index contributed by atoms with van der Waals surface area (Å²) < 4.78 is 12.3. The second-order valence-corrected chi connectivity index (χ2v) is 7.26. The first-order valence-electron chi connectivity index (χ1n) is 7.84. The molecule has 2 aromatic rings. The van der Waals surface area contributed by atoms with Gasteiger partial charge in [-0.15, -0.1) is 0 Å². The lowest BCUT2D eigenvalue weighted by Crippen LogP contribution is -2.28. The van der Waals surface area contributed by atoms with Crippen LogP contribution in [0.3, 0.4) is 0 Å². The molecule has 4 heteroatoms. The maximum absolute atomic E-state index is 12.3. The molecule has 2 unspecified atom stereocenters. The zero-order chi connectivity index (χ0) is 16.5. The number of hydrogen-bond donors (Lipinski definition) is 1. The smallest absolute Gasteiger partial charge is 0.319 e. The second-order valence-electron chi connectivity index (χ2n) is 5.53. The van der Waals surface area contributed by atoms with E-state index in [4.69, 9.17) is 0 Å². The van der Waals surface area contributed by atoms with E-state index in [1.165, 1.54) is 5.56 Å². The Hall–Kier alpha value is -1.94. The number of carboxylic acid groups (broad SMARTS) is 1. The van der Waals surface area contributed by atoms with Crippen molar-refractivity contribution in [2.75, 3.05) is 5.75 Å². The summed E-state index contributed by atoms with van der Waals surface area (Å²) >= 11 is 0. The molecule has 3 nitrogen and oxygen atoms in total. The van der Waals surface area contributed by atoms with Gasteiger partial charge in [-0.2, -0.15) is 0 Å². The topological polar surface area (TPSA) is 54.4 Å². The van der Waals surface area contributed by atoms with Gasteiger partial charge in [0.2, 0.25) is 0 Å². The Morgan fingerprint density at radius 3 is 1.96 bits per heavy atom. The lowest BCUT2D eigenvalue weighted by molar-refractivity contribution is -0.136. The molecule has 0 saturated carbocycles. The van der Waals surface area contributed by atoms with Gasteiger partial charge >= 0.3 is 5.97 Å².